The van der Waals surface area contributed by atoms with Crippen LogP contribution in [0.3, 0.4) is 0 Å². The second-order valence-electron chi connectivity index (χ2n) is 5.05. The highest BCUT2D eigenvalue weighted by Gasteiger charge is 2.31. The molecule has 1 aliphatic heterocycles. The maximum Gasteiger partial charge on any atom is 0.266 e. The van der Waals surface area contributed by atoms with E-state index in [9.17, 15) is 4.79 Å². The van der Waals surface area contributed by atoms with Gasteiger partial charge in [0, 0.05) is 36.3 Å². The first-order valence-corrected chi connectivity index (χ1v) is 8.13. The van der Waals surface area contributed by atoms with Gasteiger partial charge in [0.25, 0.3) is 5.91 Å². The van der Waals surface area contributed by atoms with Crippen LogP contribution in [0.2, 0.25) is 0 Å². The minimum atomic E-state index is 0.0276. The first kappa shape index (κ1) is 14.4. The van der Waals surface area contributed by atoms with E-state index in [4.69, 9.17) is 12.2 Å². The van der Waals surface area contributed by atoms with Crippen LogP contribution in [0.4, 0.5) is 0 Å². The summed E-state index contributed by atoms with van der Waals surface area (Å²) in [5.41, 5.74) is 2.22. The lowest BCUT2D eigenvalue weighted by Crippen LogP contribution is -2.28. The zero-order chi connectivity index (χ0) is 15.0. The van der Waals surface area contributed by atoms with Gasteiger partial charge in [-0.25, -0.2) is 0 Å². The minimum Gasteiger partial charge on any atom is -0.350 e. The number of hydrogen-bond donors (Lipinski definition) is 0. The van der Waals surface area contributed by atoms with E-state index in [1.165, 1.54) is 11.8 Å². The number of hydrogen-bond acceptors (Lipinski definition) is 3. The number of aryl methyl sites for hydroxylation is 1. The van der Waals surface area contributed by atoms with Crippen molar-refractivity contribution in [3.63, 3.8) is 0 Å². The second-order valence-corrected chi connectivity index (χ2v) is 6.72. The van der Waals surface area contributed by atoms with Crippen LogP contribution < -0.4 is 0 Å². The van der Waals surface area contributed by atoms with Gasteiger partial charge >= 0.3 is 0 Å². The average molecular weight is 316 g/mol. The third-order valence-corrected chi connectivity index (χ3v) is 4.91. The summed E-state index contributed by atoms with van der Waals surface area (Å²) in [6.45, 7) is 2.74. The molecule has 1 aliphatic rings. The van der Waals surface area contributed by atoms with Gasteiger partial charge in [0.2, 0.25) is 0 Å². The third kappa shape index (κ3) is 2.51. The molecule has 3 nitrogen and oxygen atoms in total. The summed E-state index contributed by atoms with van der Waals surface area (Å²) in [6.07, 6.45) is 4.92. The lowest BCUT2D eigenvalue weighted by Gasteiger charge is -2.11. The quantitative estimate of drug-likeness (QED) is 0.636. The first-order chi connectivity index (χ1) is 10.1. The van der Waals surface area contributed by atoms with E-state index in [0.29, 0.717) is 15.8 Å². The number of amides is 1. The van der Waals surface area contributed by atoms with E-state index in [0.717, 1.165) is 22.9 Å². The normalized spacial score (nSPS) is 17.4. The molecule has 0 N–H and O–H groups in total. The molecule has 1 amide bonds. The van der Waals surface area contributed by atoms with E-state index in [-0.39, 0.29) is 5.91 Å². The molecule has 0 unspecified atom stereocenters. The molecule has 1 aromatic carbocycles. The molecule has 0 radical (unpaired) electrons. The van der Waals surface area contributed by atoms with Gasteiger partial charge in [-0.15, -0.1) is 0 Å². The summed E-state index contributed by atoms with van der Waals surface area (Å²) in [6, 6.07) is 8.19. The Labute approximate surface area is 133 Å². The molecule has 1 aromatic heterocycles. The standard InChI is InChI=1S/C16H16N2OS2/c1-3-8-18-15(19)14(21-16(18)20)9-11-10-17(2)13-7-5-4-6-12(11)13/h4-7,9-10H,3,8H2,1-2H3/b14-9-. The fraction of sp³-hybridized carbons (Fsp3) is 0.250. The summed E-state index contributed by atoms with van der Waals surface area (Å²) in [5, 5.41) is 1.15. The summed E-state index contributed by atoms with van der Waals surface area (Å²) >= 11 is 6.69. The van der Waals surface area contributed by atoms with E-state index in [1.807, 2.05) is 32.2 Å². The van der Waals surface area contributed by atoms with Crippen LogP contribution >= 0.6 is 24.0 Å². The minimum absolute atomic E-state index is 0.0276. The number of para-hydroxylation sites is 1. The number of carbonyl (C=O) groups is 1. The fourth-order valence-electron chi connectivity index (χ4n) is 2.55. The summed E-state index contributed by atoms with van der Waals surface area (Å²) in [4.78, 5) is 14.8. The molecule has 0 bridgehead atoms. The molecule has 0 spiro atoms. The maximum absolute atomic E-state index is 12.4. The molecule has 1 saturated heterocycles. The summed E-state index contributed by atoms with van der Waals surface area (Å²) < 4.78 is 2.74. The van der Waals surface area contributed by atoms with Crippen molar-refractivity contribution >= 4 is 51.2 Å². The van der Waals surface area contributed by atoms with Crippen molar-refractivity contribution in [3.8, 4) is 0 Å². The van der Waals surface area contributed by atoms with Crippen LogP contribution in [0.25, 0.3) is 17.0 Å². The average Bonchev–Trinajstić information content (AvgIpc) is 2.93. The Balaban J connectivity index is 2.02. The first-order valence-electron chi connectivity index (χ1n) is 6.91. The van der Waals surface area contributed by atoms with Crippen LogP contribution in [0.1, 0.15) is 18.9 Å². The van der Waals surface area contributed by atoms with Crippen molar-refractivity contribution in [2.45, 2.75) is 13.3 Å². The Morgan fingerprint density at radius 3 is 2.86 bits per heavy atom. The number of benzene rings is 1. The van der Waals surface area contributed by atoms with Gasteiger partial charge in [-0.2, -0.15) is 0 Å². The molecule has 2 aromatic rings. The van der Waals surface area contributed by atoms with E-state index in [1.54, 1.807) is 4.90 Å². The van der Waals surface area contributed by atoms with Gasteiger partial charge in [-0.1, -0.05) is 49.1 Å². The smallest absolute Gasteiger partial charge is 0.266 e. The van der Waals surface area contributed by atoms with Gasteiger partial charge < -0.3 is 4.57 Å². The molecule has 0 atom stereocenters. The summed E-state index contributed by atoms with van der Waals surface area (Å²) in [7, 11) is 2.02. The van der Waals surface area contributed by atoms with E-state index in [2.05, 4.69) is 22.9 Å². The monoisotopic (exact) mass is 316 g/mol. The van der Waals surface area contributed by atoms with E-state index < -0.39 is 0 Å². The number of fused-ring (bicyclic) bond motifs is 1. The predicted molar refractivity (Wildman–Crippen MR) is 93.1 cm³/mol. The van der Waals surface area contributed by atoms with Crippen LogP contribution in [0.15, 0.2) is 35.4 Å². The van der Waals surface area contributed by atoms with Crippen LogP contribution in [-0.2, 0) is 11.8 Å². The van der Waals surface area contributed by atoms with Crippen LogP contribution in [0.5, 0.6) is 0 Å². The highest BCUT2D eigenvalue weighted by molar-refractivity contribution is 8.26. The number of thiocarbonyl (C=S) groups is 1. The molecule has 2 heterocycles. The number of carbonyl (C=O) groups excluding carboxylic acids is 1. The maximum atomic E-state index is 12.4. The highest BCUT2D eigenvalue weighted by Crippen LogP contribution is 2.34. The van der Waals surface area contributed by atoms with Crippen molar-refractivity contribution in [3.05, 3.63) is 40.9 Å². The molecular weight excluding hydrogens is 300 g/mol. The SMILES string of the molecule is CCCN1C(=O)/C(=C/c2cn(C)c3ccccc23)SC1=S. The lowest BCUT2D eigenvalue weighted by atomic mass is 10.1. The molecular formula is C16H16N2OS2. The Hall–Kier alpha value is -1.59. The van der Waals surface area contributed by atoms with Crippen molar-refractivity contribution in [1.29, 1.82) is 0 Å². The van der Waals surface area contributed by atoms with Gasteiger partial charge in [0.15, 0.2) is 0 Å². The zero-order valence-corrected chi connectivity index (χ0v) is 13.6. The predicted octanol–water partition coefficient (Wildman–Crippen LogP) is 3.79. The molecule has 3 rings (SSSR count). The Bertz CT molecular complexity index is 761. The van der Waals surface area contributed by atoms with Crippen molar-refractivity contribution in [2.75, 3.05) is 6.54 Å². The van der Waals surface area contributed by atoms with Crippen molar-refractivity contribution in [1.82, 2.24) is 9.47 Å². The lowest BCUT2D eigenvalue weighted by molar-refractivity contribution is -0.122. The van der Waals surface area contributed by atoms with Crippen molar-refractivity contribution < 1.29 is 4.79 Å². The zero-order valence-electron chi connectivity index (χ0n) is 12.0. The van der Waals surface area contributed by atoms with Crippen molar-refractivity contribution in [2.24, 2.45) is 7.05 Å². The molecule has 0 saturated carbocycles. The largest absolute Gasteiger partial charge is 0.350 e. The van der Waals surface area contributed by atoms with Gasteiger partial charge in [0.05, 0.1) is 4.91 Å². The van der Waals surface area contributed by atoms with Gasteiger partial charge in [-0.05, 0) is 18.6 Å². The molecule has 108 valence electrons. The number of aromatic nitrogens is 1. The number of thioether (sulfide) groups is 1. The molecule has 1 fully saturated rings. The second kappa shape index (κ2) is 5.66. The fourth-order valence-corrected chi connectivity index (χ4v) is 3.85. The topological polar surface area (TPSA) is 25.2 Å². The Kier molecular flexibility index (Phi) is 3.87. The van der Waals surface area contributed by atoms with Crippen LogP contribution in [-0.4, -0.2) is 26.2 Å². The van der Waals surface area contributed by atoms with Gasteiger partial charge in [0.1, 0.15) is 4.32 Å². The Morgan fingerprint density at radius 1 is 1.33 bits per heavy atom. The number of nitrogens with zero attached hydrogens (tertiary/aromatic N) is 2. The third-order valence-electron chi connectivity index (χ3n) is 3.54. The van der Waals surface area contributed by atoms with Crippen LogP contribution in [0, 0.1) is 0 Å². The summed E-state index contributed by atoms with van der Waals surface area (Å²) in [5.74, 6) is 0.0276. The molecule has 5 heteroatoms. The highest BCUT2D eigenvalue weighted by atomic mass is 32.2. The Morgan fingerprint density at radius 2 is 2.10 bits per heavy atom. The molecule has 21 heavy (non-hydrogen) atoms. The van der Waals surface area contributed by atoms with Gasteiger partial charge in [-0.3, -0.25) is 9.69 Å². The molecule has 0 aliphatic carbocycles. The van der Waals surface area contributed by atoms with E-state index >= 15 is 0 Å². The number of rotatable bonds is 3.